The number of hydrogen-bond acceptors (Lipinski definition) is 4. The van der Waals surface area contributed by atoms with Crippen LogP contribution in [0.15, 0.2) is 42.6 Å². The maximum absolute atomic E-state index is 12.3. The van der Waals surface area contributed by atoms with Crippen LogP contribution >= 0.6 is 11.6 Å². The highest BCUT2D eigenvalue weighted by molar-refractivity contribution is 6.29. The van der Waals surface area contributed by atoms with E-state index in [2.05, 4.69) is 15.6 Å². The maximum atomic E-state index is 12.3. The molecule has 0 aliphatic rings. The molecule has 1 heterocycles. The number of carbonyl (C=O) groups excluding carboxylic acids is 3. The van der Waals surface area contributed by atoms with Gasteiger partial charge >= 0.3 is 0 Å². The van der Waals surface area contributed by atoms with Gasteiger partial charge in [0.05, 0.1) is 0 Å². The Morgan fingerprint density at radius 2 is 1.84 bits per heavy atom. The summed E-state index contributed by atoms with van der Waals surface area (Å²) >= 11 is 5.72. The van der Waals surface area contributed by atoms with E-state index < -0.39 is 17.9 Å². The van der Waals surface area contributed by atoms with Crippen molar-refractivity contribution in [1.82, 2.24) is 10.3 Å². The minimum Gasteiger partial charge on any atom is -0.368 e. The molecule has 0 fully saturated rings. The Bertz CT molecular complexity index is 775. The van der Waals surface area contributed by atoms with Crippen molar-refractivity contribution in [3.8, 4) is 0 Å². The number of nitrogens with zero attached hydrogens (tertiary/aromatic N) is 1. The fourth-order valence-corrected chi connectivity index (χ4v) is 2.25. The van der Waals surface area contributed by atoms with Crippen molar-refractivity contribution in [1.29, 1.82) is 0 Å². The molecule has 1 aromatic carbocycles. The number of amides is 3. The fourth-order valence-electron chi connectivity index (χ4n) is 2.14. The highest BCUT2D eigenvalue weighted by atomic mass is 35.5. The van der Waals surface area contributed by atoms with Gasteiger partial charge in [0.15, 0.2) is 0 Å². The minimum atomic E-state index is -0.884. The zero-order valence-electron chi connectivity index (χ0n) is 13.5. The second-order valence-corrected chi connectivity index (χ2v) is 5.77. The number of hydrogen-bond donors (Lipinski definition) is 3. The Labute approximate surface area is 149 Å². The molecule has 0 radical (unpaired) electrons. The lowest BCUT2D eigenvalue weighted by Crippen LogP contribution is -2.45. The van der Waals surface area contributed by atoms with Gasteiger partial charge in [0, 0.05) is 30.8 Å². The molecule has 1 atom stereocenters. The van der Waals surface area contributed by atoms with Gasteiger partial charge in [-0.3, -0.25) is 14.4 Å². The summed E-state index contributed by atoms with van der Waals surface area (Å²) in [4.78, 5) is 38.8. The number of nitrogens with two attached hydrogens (primary N) is 1. The van der Waals surface area contributed by atoms with E-state index in [1.807, 2.05) is 0 Å². The number of aromatic nitrogens is 1. The molecular weight excluding hydrogens is 344 g/mol. The van der Waals surface area contributed by atoms with E-state index in [9.17, 15) is 14.4 Å². The van der Waals surface area contributed by atoms with Gasteiger partial charge in [-0.05, 0) is 35.9 Å². The van der Waals surface area contributed by atoms with Crippen molar-refractivity contribution < 1.29 is 14.4 Å². The number of pyridine rings is 1. The maximum Gasteiger partial charge on any atom is 0.251 e. The summed E-state index contributed by atoms with van der Waals surface area (Å²) in [5.74, 6) is -1.30. The Kier molecular flexibility index (Phi) is 6.08. The summed E-state index contributed by atoms with van der Waals surface area (Å²) in [6.07, 6.45) is 1.72. The van der Waals surface area contributed by atoms with Crippen LogP contribution in [0, 0.1) is 0 Å². The molecule has 0 bridgehead atoms. The summed E-state index contributed by atoms with van der Waals surface area (Å²) in [6.45, 7) is 1.39. The van der Waals surface area contributed by atoms with Gasteiger partial charge in [-0.25, -0.2) is 4.98 Å². The third-order valence-corrected chi connectivity index (χ3v) is 3.57. The molecule has 2 aromatic rings. The third kappa shape index (κ3) is 5.58. The Balaban J connectivity index is 2.05. The van der Waals surface area contributed by atoms with E-state index in [-0.39, 0.29) is 12.3 Å². The van der Waals surface area contributed by atoms with Gasteiger partial charge in [-0.1, -0.05) is 17.7 Å². The number of primary amides is 1. The van der Waals surface area contributed by atoms with Crippen LogP contribution in [-0.2, 0) is 16.0 Å². The van der Waals surface area contributed by atoms with Crippen molar-refractivity contribution in [2.24, 2.45) is 5.73 Å². The average Bonchev–Trinajstić information content (AvgIpc) is 2.56. The topological polar surface area (TPSA) is 114 Å². The molecule has 0 spiro atoms. The van der Waals surface area contributed by atoms with Crippen molar-refractivity contribution in [3.63, 3.8) is 0 Å². The van der Waals surface area contributed by atoms with E-state index in [1.165, 1.54) is 13.1 Å². The smallest absolute Gasteiger partial charge is 0.251 e. The largest absolute Gasteiger partial charge is 0.368 e. The van der Waals surface area contributed by atoms with Crippen LogP contribution in [-0.4, -0.2) is 28.7 Å². The molecule has 0 saturated carbocycles. The Hall–Kier alpha value is -2.93. The Morgan fingerprint density at radius 3 is 2.36 bits per heavy atom. The summed E-state index contributed by atoms with van der Waals surface area (Å²) < 4.78 is 0. The second-order valence-electron chi connectivity index (χ2n) is 5.38. The van der Waals surface area contributed by atoms with E-state index in [0.29, 0.717) is 16.4 Å². The molecule has 2 rings (SSSR count). The van der Waals surface area contributed by atoms with Crippen LogP contribution in [0.4, 0.5) is 5.69 Å². The lowest BCUT2D eigenvalue weighted by molar-refractivity contribution is -0.119. The van der Waals surface area contributed by atoms with E-state index >= 15 is 0 Å². The van der Waals surface area contributed by atoms with Gasteiger partial charge in [0.1, 0.15) is 11.2 Å². The lowest BCUT2D eigenvalue weighted by Gasteiger charge is -2.15. The molecule has 0 aliphatic carbocycles. The first-order valence-corrected chi connectivity index (χ1v) is 7.81. The Morgan fingerprint density at radius 1 is 1.16 bits per heavy atom. The first kappa shape index (κ1) is 18.4. The van der Waals surface area contributed by atoms with Gasteiger partial charge in [0.2, 0.25) is 11.8 Å². The van der Waals surface area contributed by atoms with Crippen molar-refractivity contribution >= 4 is 35.0 Å². The monoisotopic (exact) mass is 360 g/mol. The first-order chi connectivity index (χ1) is 11.8. The SMILES string of the molecule is CC(=O)Nc1ccc(C(=O)N[C@H](Cc2ccc(Cl)nc2)C(N)=O)cc1. The van der Waals surface area contributed by atoms with E-state index in [1.54, 1.807) is 36.4 Å². The number of halogens is 1. The molecule has 7 nitrogen and oxygen atoms in total. The van der Waals surface area contributed by atoms with Gasteiger partial charge in [0.25, 0.3) is 5.91 Å². The molecule has 1 aromatic heterocycles. The molecule has 4 N–H and O–H groups in total. The van der Waals surface area contributed by atoms with Crippen molar-refractivity contribution in [2.45, 2.75) is 19.4 Å². The molecule has 0 aliphatic heterocycles. The first-order valence-electron chi connectivity index (χ1n) is 7.43. The average molecular weight is 361 g/mol. The van der Waals surface area contributed by atoms with Crippen LogP contribution < -0.4 is 16.4 Å². The highest BCUT2D eigenvalue weighted by Crippen LogP contribution is 2.11. The number of nitrogens with one attached hydrogen (secondary N) is 2. The molecule has 25 heavy (non-hydrogen) atoms. The van der Waals surface area contributed by atoms with Crippen molar-refractivity contribution in [3.05, 3.63) is 58.9 Å². The predicted molar refractivity (Wildman–Crippen MR) is 94.1 cm³/mol. The number of benzene rings is 1. The summed E-state index contributed by atoms with van der Waals surface area (Å²) in [7, 11) is 0. The van der Waals surface area contributed by atoms with Gasteiger partial charge in [-0.2, -0.15) is 0 Å². The van der Waals surface area contributed by atoms with Crippen LogP contribution in [0.5, 0.6) is 0 Å². The highest BCUT2D eigenvalue weighted by Gasteiger charge is 2.19. The summed E-state index contributed by atoms with van der Waals surface area (Å²) in [6, 6.07) is 8.70. The molecule has 8 heteroatoms. The van der Waals surface area contributed by atoms with Crippen LogP contribution in [0.2, 0.25) is 5.15 Å². The van der Waals surface area contributed by atoms with Crippen LogP contribution in [0.1, 0.15) is 22.8 Å². The molecule has 0 unspecified atom stereocenters. The quantitative estimate of drug-likeness (QED) is 0.677. The molecular formula is C17H17ClN4O3. The number of anilines is 1. The van der Waals surface area contributed by atoms with E-state index in [0.717, 1.165) is 5.56 Å². The normalized spacial score (nSPS) is 11.4. The minimum absolute atomic E-state index is 0.204. The standard InChI is InChI=1S/C17H17ClN4O3/c1-10(23)21-13-5-3-12(4-6-13)17(25)22-14(16(19)24)8-11-2-7-15(18)20-9-11/h2-7,9,14H,8H2,1H3,(H2,19,24)(H,21,23)(H,22,25)/t14-/m1/s1. The second kappa shape index (κ2) is 8.25. The third-order valence-electron chi connectivity index (χ3n) is 3.34. The van der Waals surface area contributed by atoms with Crippen LogP contribution in [0.25, 0.3) is 0 Å². The van der Waals surface area contributed by atoms with Gasteiger partial charge in [-0.15, -0.1) is 0 Å². The van der Waals surface area contributed by atoms with Crippen LogP contribution in [0.3, 0.4) is 0 Å². The number of carbonyl (C=O) groups is 3. The van der Waals surface area contributed by atoms with Gasteiger partial charge < -0.3 is 16.4 Å². The number of rotatable bonds is 6. The van der Waals surface area contributed by atoms with Crippen molar-refractivity contribution in [2.75, 3.05) is 5.32 Å². The zero-order chi connectivity index (χ0) is 18.4. The summed E-state index contributed by atoms with van der Waals surface area (Å²) in [5.41, 5.74) is 7.00. The molecule has 130 valence electrons. The van der Waals surface area contributed by atoms with E-state index in [4.69, 9.17) is 17.3 Å². The zero-order valence-corrected chi connectivity index (χ0v) is 14.2. The molecule has 0 saturated heterocycles. The summed E-state index contributed by atoms with van der Waals surface area (Å²) in [5, 5.41) is 5.53. The molecule has 3 amide bonds. The predicted octanol–water partition coefficient (Wildman–Crippen LogP) is 1.52. The fraction of sp³-hybridized carbons (Fsp3) is 0.176. The lowest BCUT2D eigenvalue weighted by atomic mass is 10.1.